The van der Waals surface area contributed by atoms with E-state index in [1.165, 1.54) is 4.21 Å². The number of hydrogen-bond acceptors (Lipinski definition) is 4. The number of hydrogen-bond donors (Lipinski definition) is 1. The molecule has 1 aromatic carbocycles. The number of nitrogen functional groups attached to an aromatic ring is 1. The minimum Gasteiger partial charge on any atom is -0.489 e. The Labute approximate surface area is 110 Å². The van der Waals surface area contributed by atoms with Gasteiger partial charge in [0.2, 0.25) is 0 Å². The molecule has 0 aliphatic rings. The van der Waals surface area contributed by atoms with Crippen LogP contribution in [0, 0.1) is 0 Å². The highest BCUT2D eigenvalue weighted by molar-refractivity contribution is 8.01. The summed E-state index contributed by atoms with van der Waals surface area (Å²) in [6, 6.07) is 10.1. The molecule has 0 spiro atoms. The fourth-order valence-corrected chi connectivity index (χ4v) is 3.15. The van der Waals surface area contributed by atoms with E-state index >= 15 is 0 Å². The third-order valence-corrected chi connectivity index (χ3v) is 4.09. The maximum absolute atomic E-state index is 5.88. The summed E-state index contributed by atoms with van der Waals surface area (Å²) in [5.41, 5.74) is 6.57. The Morgan fingerprint density at radius 1 is 1.29 bits per heavy atom. The highest BCUT2D eigenvalue weighted by Crippen LogP contribution is 2.35. The van der Waals surface area contributed by atoms with Gasteiger partial charge in [-0.15, -0.1) is 11.3 Å². The van der Waals surface area contributed by atoms with Crippen molar-refractivity contribution in [1.29, 1.82) is 0 Å². The topological polar surface area (TPSA) is 35.2 Å². The van der Waals surface area contributed by atoms with Crippen LogP contribution in [0.25, 0.3) is 0 Å². The molecule has 2 aromatic rings. The molecule has 0 atom stereocenters. The summed E-state index contributed by atoms with van der Waals surface area (Å²) in [4.78, 5) is 1.15. The Morgan fingerprint density at radius 2 is 2.12 bits per heavy atom. The molecule has 1 aromatic heterocycles. The van der Waals surface area contributed by atoms with Gasteiger partial charge in [0.05, 0.1) is 16.0 Å². The first-order valence-electron chi connectivity index (χ1n) is 5.42. The first kappa shape index (κ1) is 12.3. The molecule has 2 rings (SSSR count). The molecule has 0 fully saturated rings. The van der Waals surface area contributed by atoms with Gasteiger partial charge < -0.3 is 10.5 Å². The zero-order valence-corrected chi connectivity index (χ0v) is 11.5. The van der Waals surface area contributed by atoms with Crippen LogP contribution in [0.3, 0.4) is 0 Å². The molecule has 2 N–H and O–H groups in total. The van der Waals surface area contributed by atoms with Crippen LogP contribution < -0.4 is 10.5 Å². The van der Waals surface area contributed by atoms with Gasteiger partial charge in [-0.3, -0.25) is 0 Å². The van der Waals surface area contributed by atoms with Gasteiger partial charge in [0.15, 0.2) is 0 Å². The summed E-state index contributed by atoms with van der Waals surface area (Å²) in [5, 5.41) is 2.07. The van der Waals surface area contributed by atoms with E-state index in [9.17, 15) is 0 Å². The number of rotatable bonds is 4. The molecule has 1 heterocycles. The number of anilines is 1. The highest BCUT2D eigenvalue weighted by atomic mass is 32.2. The van der Waals surface area contributed by atoms with Gasteiger partial charge in [0, 0.05) is 4.90 Å². The standard InChI is InChI=1S/C13H15NOS2/c1-9(2)15-12-8-10(5-6-11(12)14)17-13-4-3-7-16-13/h3-9H,14H2,1-2H3. The molecule has 0 bridgehead atoms. The SMILES string of the molecule is CC(C)Oc1cc(Sc2cccs2)ccc1N. The Bertz CT molecular complexity index is 480. The summed E-state index contributed by atoms with van der Waals surface area (Å²) < 4.78 is 6.94. The van der Waals surface area contributed by atoms with Gasteiger partial charge in [0.25, 0.3) is 0 Å². The van der Waals surface area contributed by atoms with E-state index in [-0.39, 0.29) is 6.10 Å². The Kier molecular flexibility index (Phi) is 3.97. The summed E-state index contributed by atoms with van der Waals surface area (Å²) in [6.45, 7) is 4.00. The van der Waals surface area contributed by atoms with Crippen LogP contribution in [-0.4, -0.2) is 6.10 Å². The Hall–Kier alpha value is -1.13. The van der Waals surface area contributed by atoms with Gasteiger partial charge in [-0.1, -0.05) is 17.8 Å². The number of ether oxygens (including phenoxy) is 1. The zero-order valence-electron chi connectivity index (χ0n) is 9.84. The van der Waals surface area contributed by atoms with Gasteiger partial charge in [-0.05, 0) is 43.5 Å². The smallest absolute Gasteiger partial charge is 0.143 e. The van der Waals surface area contributed by atoms with Crippen LogP contribution in [0.15, 0.2) is 44.8 Å². The van der Waals surface area contributed by atoms with Crippen LogP contribution >= 0.6 is 23.1 Å². The summed E-state index contributed by atoms with van der Waals surface area (Å²) in [6.07, 6.45) is 0.138. The van der Waals surface area contributed by atoms with Crippen LogP contribution in [0.2, 0.25) is 0 Å². The fraction of sp³-hybridized carbons (Fsp3) is 0.231. The molecule has 0 saturated carbocycles. The zero-order chi connectivity index (χ0) is 12.3. The van der Waals surface area contributed by atoms with Crippen molar-refractivity contribution in [3.8, 4) is 5.75 Å². The predicted molar refractivity (Wildman–Crippen MR) is 75.1 cm³/mol. The average Bonchev–Trinajstić information content (AvgIpc) is 2.75. The van der Waals surface area contributed by atoms with Crippen molar-refractivity contribution in [2.45, 2.75) is 29.1 Å². The molecule has 4 heteroatoms. The second kappa shape index (κ2) is 5.47. The largest absolute Gasteiger partial charge is 0.489 e. The third-order valence-electron chi connectivity index (χ3n) is 2.06. The molecular formula is C13H15NOS2. The lowest BCUT2D eigenvalue weighted by atomic mass is 10.3. The van der Waals surface area contributed by atoms with Crippen molar-refractivity contribution in [2.75, 3.05) is 5.73 Å². The molecule has 90 valence electrons. The maximum Gasteiger partial charge on any atom is 0.143 e. The van der Waals surface area contributed by atoms with E-state index in [0.29, 0.717) is 5.69 Å². The Balaban J connectivity index is 2.18. The predicted octanol–water partition coefficient (Wildman–Crippen LogP) is 4.27. The van der Waals surface area contributed by atoms with Crippen molar-refractivity contribution in [2.24, 2.45) is 0 Å². The maximum atomic E-state index is 5.88. The number of benzene rings is 1. The minimum atomic E-state index is 0.138. The van der Waals surface area contributed by atoms with Crippen molar-refractivity contribution in [1.82, 2.24) is 0 Å². The quantitative estimate of drug-likeness (QED) is 0.838. The van der Waals surface area contributed by atoms with Gasteiger partial charge >= 0.3 is 0 Å². The van der Waals surface area contributed by atoms with Crippen LogP contribution in [-0.2, 0) is 0 Å². The van der Waals surface area contributed by atoms with Gasteiger partial charge in [-0.2, -0.15) is 0 Å². The number of nitrogens with two attached hydrogens (primary N) is 1. The van der Waals surface area contributed by atoms with E-state index in [1.54, 1.807) is 23.1 Å². The molecule has 0 radical (unpaired) electrons. The lowest BCUT2D eigenvalue weighted by Crippen LogP contribution is -2.07. The van der Waals surface area contributed by atoms with Crippen LogP contribution in [0.5, 0.6) is 5.75 Å². The van der Waals surface area contributed by atoms with Crippen molar-refractivity contribution >= 4 is 28.8 Å². The molecule has 17 heavy (non-hydrogen) atoms. The second-order valence-electron chi connectivity index (χ2n) is 3.90. The Morgan fingerprint density at radius 3 is 2.76 bits per heavy atom. The van der Waals surface area contributed by atoms with Crippen LogP contribution in [0.4, 0.5) is 5.69 Å². The first-order valence-corrected chi connectivity index (χ1v) is 7.12. The first-order chi connectivity index (χ1) is 8.15. The van der Waals surface area contributed by atoms with Crippen molar-refractivity contribution < 1.29 is 4.74 Å². The van der Waals surface area contributed by atoms with Gasteiger partial charge in [0.1, 0.15) is 5.75 Å². The second-order valence-corrected chi connectivity index (χ2v) is 6.22. The van der Waals surface area contributed by atoms with E-state index in [2.05, 4.69) is 17.5 Å². The van der Waals surface area contributed by atoms with Crippen molar-refractivity contribution in [3.05, 3.63) is 35.7 Å². The molecule has 0 aliphatic heterocycles. The molecule has 2 nitrogen and oxygen atoms in total. The third kappa shape index (κ3) is 3.41. The van der Waals surface area contributed by atoms with Crippen molar-refractivity contribution in [3.63, 3.8) is 0 Å². The molecule has 0 aliphatic carbocycles. The molecule has 0 amide bonds. The summed E-state index contributed by atoms with van der Waals surface area (Å²) in [7, 11) is 0. The van der Waals surface area contributed by atoms with Gasteiger partial charge in [-0.25, -0.2) is 0 Å². The summed E-state index contributed by atoms with van der Waals surface area (Å²) in [5.74, 6) is 0.765. The molecule has 0 saturated heterocycles. The van der Waals surface area contributed by atoms with E-state index in [0.717, 1.165) is 10.6 Å². The number of thiophene rings is 1. The van der Waals surface area contributed by atoms with E-state index < -0.39 is 0 Å². The lowest BCUT2D eigenvalue weighted by Gasteiger charge is -2.13. The molecular weight excluding hydrogens is 250 g/mol. The van der Waals surface area contributed by atoms with E-state index in [4.69, 9.17) is 10.5 Å². The minimum absolute atomic E-state index is 0.138. The fourth-order valence-electron chi connectivity index (χ4n) is 1.37. The summed E-state index contributed by atoms with van der Waals surface area (Å²) >= 11 is 3.46. The monoisotopic (exact) mass is 265 g/mol. The normalized spacial score (nSPS) is 10.8. The van der Waals surface area contributed by atoms with E-state index in [1.807, 2.05) is 32.0 Å². The molecule has 0 unspecified atom stereocenters. The highest BCUT2D eigenvalue weighted by Gasteiger charge is 2.06. The average molecular weight is 265 g/mol. The lowest BCUT2D eigenvalue weighted by molar-refractivity contribution is 0.243. The van der Waals surface area contributed by atoms with Crippen LogP contribution in [0.1, 0.15) is 13.8 Å².